The molecule has 0 aliphatic rings. The van der Waals surface area contributed by atoms with Crippen molar-refractivity contribution in [1.29, 1.82) is 0 Å². The molecule has 0 saturated heterocycles. The summed E-state index contributed by atoms with van der Waals surface area (Å²) in [7, 11) is 3.18. The summed E-state index contributed by atoms with van der Waals surface area (Å²) in [5, 5.41) is 5.57. The second-order valence-corrected chi connectivity index (χ2v) is 9.07. The highest BCUT2D eigenvalue weighted by Gasteiger charge is 2.22. The summed E-state index contributed by atoms with van der Waals surface area (Å²) >= 11 is 0. The molecule has 0 saturated carbocycles. The number of carbonyl (C=O) groups is 2. The number of methoxy groups -OCH3 is 1. The van der Waals surface area contributed by atoms with Gasteiger partial charge >= 0.3 is 0 Å². The van der Waals surface area contributed by atoms with E-state index in [4.69, 9.17) is 4.74 Å². The molecule has 3 aromatic heterocycles. The lowest BCUT2D eigenvalue weighted by Crippen LogP contribution is -2.22. The lowest BCUT2D eigenvalue weighted by atomic mass is 9.98. The van der Waals surface area contributed by atoms with E-state index in [2.05, 4.69) is 25.6 Å². The predicted octanol–water partition coefficient (Wildman–Crippen LogP) is 5.01. The average Bonchev–Trinajstić information content (AvgIpc) is 2.93. The molecule has 37 heavy (non-hydrogen) atoms. The number of hydrogen-bond acceptors (Lipinski definition) is 6. The normalized spacial score (nSPS) is 11.2. The van der Waals surface area contributed by atoms with Crippen LogP contribution in [-0.4, -0.2) is 40.9 Å². The monoisotopic (exact) mass is 495 g/mol. The number of aromatic nitrogens is 3. The fraction of sp³-hybridized carbons (Fsp3) is 0.207. The van der Waals surface area contributed by atoms with Crippen LogP contribution < -0.4 is 10.6 Å². The number of ether oxygens (including phenoxy) is 1. The number of aryl methyl sites for hydroxylation is 1. The molecule has 0 fully saturated rings. The van der Waals surface area contributed by atoms with Crippen LogP contribution in [0.2, 0.25) is 0 Å². The largest absolute Gasteiger partial charge is 0.373 e. The zero-order valence-electron chi connectivity index (χ0n) is 21.5. The van der Waals surface area contributed by atoms with Gasteiger partial charge in [-0.3, -0.25) is 24.5 Å². The van der Waals surface area contributed by atoms with E-state index >= 15 is 0 Å². The van der Waals surface area contributed by atoms with Gasteiger partial charge in [-0.2, -0.15) is 0 Å². The van der Waals surface area contributed by atoms with Gasteiger partial charge < -0.3 is 15.4 Å². The highest BCUT2D eigenvalue weighted by Crippen LogP contribution is 2.30. The Morgan fingerprint density at radius 1 is 0.838 bits per heavy atom. The number of nitrogens with zero attached hydrogens (tertiary/aromatic N) is 3. The van der Waals surface area contributed by atoms with Gasteiger partial charge in [0.1, 0.15) is 11.3 Å². The van der Waals surface area contributed by atoms with E-state index in [9.17, 15) is 9.59 Å². The summed E-state index contributed by atoms with van der Waals surface area (Å²) in [6, 6.07) is 16.6. The van der Waals surface area contributed by atoms with Crippen LogP contribution in [0.1, 0.15) is 46.0 Å². The molecular formula is C29H29N5O3. The van der Waals surface area contributed by atoms with Crippen LogP contribution >= 0.6 is 0 Å². The van der Waals surface area contributed by atoms with Crippen molar-refractivity contribution in [2.45, 2.75) is 26.4 Å². The summed E-state index contributed by atoms with van der Waals surface area (Å²) < 4.78 is 5.50. The summed E-state index contributed by atoms with van der Waals surface area (Å²) in [6.07, 6.45) is 4.93. The lowest BCUT2D eigenvalue weighted by Gasteiger charge is -2.22. The number of rotatable bonds is 7. The Morgan fingerprint density at radius 3 is 2.32 bits per heavy atom. The summed E-state index contributed by atoms with van der Waals surface area (Å²) in [5.41, 5.74) is 5.98. The molecule has 0 aliphatic heterocycles. The molecule has 1 aromatic carbocycles. The molecule has 0 bridgehead atoms. The second-order valence-electron chi connectivity index (χ2n) is 9.07. The molecular weight excluding hydrogens is 466 g/mol. The first-order chi connectivity index (χ1) is 17.7. The van der Waals surface area contributed by atoms with Crippen LogP contribution in [0.5, 0.6) is 0 Å². The van der Waals surface area contributed by atoms with Gasteiger partial charge in [0, 0.05) is 49.6 Å². The zero-order chi connectivity index (χ0) is 26.6. The second kappa shape index (κ2) is 10.7. The average molecular weight is 496 g/mol. The molecule has 3 heterocycles. The van der Waals surface area contributed by atoms with E-state index in [0.717, 1.165) is 22.3 Å². The van der Waals surface area contributed by atoms with Crippen LogP contribution in [0.3, 0.4) is 0 Å². The van der Waals surface area contributed by atoms with Gasteiger partial charge in [0.25, 0.3) is 11.8 Å². The first-order valence-electron chi connectivity index (χ1n) is 11.8. The Kier molecular flexibility index (Phi) is 7.40. The van der Waals surface area contributed by atoms with Crippen molar-refractivity contribution in [3.8, 4) is 22.4 Å². The van der Waals surface area contributed by atoms with E-state index in [1.165, 1.54) is 0 Å². The highest BCUT2D eigenvalue weighted by molar-refractivity contribution is 6.04. The maximum absolute atomic E-state index is 13.0. The number of carbonyl (C=O) groups excluding carboxylic acids is 2. The molecule has 8 heteroatoms. The van der Waals surface area contributed by atoms with Crippen LogP contribution in [-0.2, 0) is 10.3 Å². The van der Waals surface area contributed by atoms with Crippen LogP contribution in [0.25, 0.3) is 22.4 Å². The first-order valence-corrected chi connectivity index (χ1v) is 11.8. The molecule has 0 aliphatic carbocycles. The fourth-order valence-electron chi connectivity index (χ4n) is 3.82. The van der Waals surface area contributed by atoms with E-state index in [0.29, 0.717) is 28.3 Å². The maximum atomic E-state index is 13.0. The highest BCUT2D eigenvalue weighted by atomic mass is 16.5. The van der Waals surface area contributed by atoms with Crippen molar-refractivity contribution >= 4 is 17.5 Å². The molecule has 2 N–H and O–H groups in total. The van der Waals surface area contributed by atoms with Gasteiger partial charge in [-0.1, -0.05) is 6.07 Å². The van der Waals surface area contributed by atoms with Gasteiger partial charge in [0.05, 0.1) is 11.4 Å². The third-order valence-corrected chi connectivity index (χ3v) is 6.23. The maximum Gasteiger partial charge on any atom is 0.269 e. The molecule has 4 aromatic rings. The fourth-order valence-corrected chi connectivity index (χ4v) is 3.82. The van der Waals surface area contributed by atoms with Crippen molar-refractivity contribution < 1.29 is 14.3 Å². The van der Waals surface area contributed by atoms with Gasteiger partial charge in [0.2, 0.25) is 0 Å². The van der Waals surface area contributed by atoms with Crippen LogP contribution in [0, 0.1) is 6.92 Å². The number of anilines is 1. The third-order valence-electron chi connectivity index (χ3n) is 6.23. The Hall–Kier alpha value is -4.43. The summed E-state index contributed by atoms with van der Waals surface area (Å²) in [4.78, 5) is 38.0. The minimum absolute atomic E-state index is 0.237. The molecule has 0 unspecified atom stereocenters. The van der Waals surface area contributed by atoms with E-state index < -0.39 is 5.60 Å². The Bertz CT molecular complexity index is 1470. The molecule has 188 valence electrons. The molecule has 2 amide bonds. The van der Waals surface area contributed by atoms with Gasteiger partial charge in [0.15, 0.2) is 0 Å². The van der Waals surface area contributed by atoms with Gasteiger partial charge in [-0.05, 0) is 86.0 Å². The number of amides is 2. The van der Waals surface area contributed by atoms with Crippen LogP contribution in [0.4, 0.5) is 5.69 Å². The van der Waals surface area contributed by atoms with Crippen molar-refractivity contribution in [3.63, 3.8) is 0 Å². The number of pyridine rings is 3. The minimum Gasteiger partial charge on any atom is -0.373 e. The number of benzene rings is 1. The number of hydrogen-bond donors (Lipinski definition) is 2. The Morgan fingerprint density at radius 2 is 1.57 bits per heavy atom. The summed E-state index contributed by atoms with van der Waals surface area (Å²) in [5.74, 6) is -0.497. The van der Waals surface area contributed by atoms with E-state index in [1.807, 2.05) is 57.2 Å². The van der Waals surface area contributed by atoms with Crippen molar-refractivity contribution in [2.75, 3.05) is 19.5 Å². The molecule has 4 rings (SSSR count). The number of nitrogens with one attached hydrogen (secondary N) is 2. The standard InChI is InChI=1S/C29H29N5O3/c1-18-6-7-22(34-27(35)21-10-13-33-26(16-21)29(2,3)37-5)17-23(18)19-8-11-31-24(14-19)20-9-12-32-25(15-20)28(36)30-4/h6-17H,1-5H3,(H,30,36)(H,34,35). The first kappa shape index (κ1) is 25.7. The smallest absolute Gasteiger partial charge is 0.269 e. The zero-order valence-corrected chi connectivity index (χ0v) is 21.5. The molecule has 0 radical (unpaired) electrons. The van der Waals surface area contributed by atoms with Crippen molar-refractivity contribution in [2.24, 2.45) is 0 Å². The Labute approximate surface area is 216 Å². The SMILES string of the molecule is CNC(=O)c1cc(-c2cc(-c3cc(NC(=O)c4ccnc(C(C)(C)OC)c4)ccc3C)ccn2)ccn1. The molecule has 0 atom stereocenters. The van der Waals surface area contributed by atoms with E-state index in [-0.39, 0.29) is 11.8 Å². The summed E-state index contributed by atoms with van der Waals surface area (Å²) in [6.45, 7) is 5.81. The Balaban J connectivity index is 1.62. The van der Waals surface area contributed by atoms with Gasteiger partial charge in [-0.25, -0.2) is 0 Å². The van der Waals surface area contributed by atoms with Crippen LogP contribution in [0.15, 0.2) is 73.2 Å². The van der Waals surface area contributed by atoms with Crippen molar-refractivity contribution in [1.82, 2.24) is 20.3 Å². The van der Waals surface area contributed by atoms with Gasteiger partial charge in [-0.15, -0.1) is 0 Å². The van der Waals surface area contributed by atoms with E-state index in [1.54, 1.807) is 50.9 Å². The molecule has 0 spiro atoms. The lowest BCUT2D eigenvalue weighted by molar-refractivity contribution is 0.0154. The topological polar surface area (TPSA) is 106 Å². The minimum atomic E-state index is -0.609. The predicted molar refractivity (Wildman–Crippen MR) is 143 cm³/mol. The molecule has 8 nitrogen and oxygen atoms in total. The quantitative estimate of drug-likeness (QED) is 0.373. The van der Waals surface area contributed by atoms with Crippen molar-refractivity contribution in [3.05, 3.63) is 95.7 Å². The third kappa shape index (κ3) is 5.70.